The summed E-state index contributed by atoms with van der Waals surface area (Å²) in [5, 5.41) is 0. The van der Waals surface area contributed by atoms with Gasteiger partial charge < -0.3 is 19.0 Å². The van der Waals surface area contributed by atoms with E-state index < -0.39 is 12.2 Å². The Bertz CT molecular complexity index is 686. The molecular weight excluding hydrogens is 328 g/mol. The quantitative estimate of drug-likeness (QED) is 0.510. The Hall–Kier alpha value is -2.27. The second kappa shape index (κ2) is 9.43. The number of benzene rings is 2. The van der Waals surface area contributed by atoms with Gasteiger partial charge in [0.1, 0.15) is 18.3 Å². The predicted molar refractivity (Wildman–Crippen MR) is 99.6 cm³/mol. The number of hydrogen-bond acceptors (Lipinski definition) is 4. The molecular formula is C22H24O4. The summed E-state index contributed by atoms with van der Waals surface area (Å²) in [5.74, 6) is 0. The normalized spacial score (nSPS) is 25.1. The molecule has 4 nitrogen and oxygen atoms in total. The van der Waals surface area contributed by atoms with Crippen LogP contribution in [0.25, 0.3) is 0 Å². The molecule has 1 saturated heterocycles. The third kappa shape index (κ3) is 4.67. The lowest BCUT2D eigenvalue weighted by atomic mass is 10.1. The maximum atomic E-state index is 11.5. The molecule has 0 N–H and O–H groups in total. The molecule has 1 aliphatic rings. The van der Waals surface area contributed by atoms with Crippen LogP contribution in [0.3, 0.4) is 0 Å². The highest BCUT2D eigenvalue weighted by Crippen LogP contribution is 2.29. The van der Waals surface area contributed by atoms with Crippen LogP contribution >= 0.6 is 0 Å². The van der Waals surface area contributed by atoms with Gasteiger partial charge >= 0.3 is 0 Å². The van der Waals surface area contributed by atoms with Gasteiger partial charge in [-0.1, -0.05) is 66.7 Å². The van der Waals surface area contributed by atoms with Crippen molar-refractivity contribution in [3.63, 3.8) is 0 Å². The van der Waals surface area contributed by atoms with Crippen molar-refractivity contribution < 1.29 is 19.0 Å². The average Bonchev–Trinajstić information content (AvgIpc) is 3.03. The standard InChI is InChI=1S/C22H24O4/c1-2-9-19-21(24-15-17-10-5-3-6-11-17)22(20(14-23)26-19)25-16-18-12-7-4-8-13-18/h2-8,10-14,19-22H,1,9,15-16H2/t19-,20-,21+,22-/m1/s1. The molecule has 4 atom stereocenters. The van der Waals surface area contributed by atoms with Crippen LogP contribution in [-0.4, -0.2) is 30.7 Å². The van der Waals surface area contributed by atoms with Gasteiger partial charge in [-0.05, 0) is 17.5 Å². The molecule has 0 aromatic heterocycles. The summed E-state index contributed by atoms with van der Waals surface area (Å²) in [4.78, 5) is 11.5. The van der Waals surface area contributed by atoms with Crippen molar-refractivity contribution in [3.05, 3.63) is 84.4 Å². The van der Waals surface area contributed by atoms with E-state index in [-0.39, 0.29) is 12.2 Å². The molecule has 0 spiro atoms. The number of ether oxygens (including phenoxy) is 3. The average molecular weight is 352 g/mol. The molecule has 0 amide bonds. The molecule has 0 unspecified atom stereocenters. The Morgan fingerprint density at radius 3 is 1.92 bits per heavy atom. The third-order valence-corrected chi connectivity index (χ3v) is 4.45. The molecule has 0 aliphatic carbocycles. The molecule has 0 radical (unpaired) electrons. The smallest absolute Gasteiger partial charge is 0.151 e. The van der Waals surface area contributed by atoms with Crippen molar-refractivity contribution in [2.24, 2.45) is 0 Å². The van der Waals surface area contributed by atoms with E-state index in [9.17, 15) is 4.79 Å². The Kier molecular flexibility index (Phi) is 6.72. The zero-order valence-electron chi connectivity index (χ0n) is 14.7. The summed E-state index contributed by atoms with van der Waals surface area (Å²) >= 11 is 0. The summed E-state index contributed by atoms with van der Waals surface area (Å²) in [7, 11) is 0. The Labute approximate surface area is 154 Å². The second-order valence-electron chi connectivity index (χ2n) is 6.32. The number of carbonyl (C=O) groups is 1. The van der Waals surface area contributed by atoms with E-state index in [1.165, 1.54) is 0 Å². The molecule has 0 bridgehead atoms. The van der Waals surface area contributed by atoms with Gasteiger partial charge in [0.25, 0.3) is 0 Å². The minimum absolute atomic E-state index is 0.243. The van der Waals surface area contributed by atoms with Crippen molar-refractivity contribution in [2.45, 2.75) is 44.1 Å². The first kappa shape index (κ1) is 18.5. The van der Waals surface area contributed by atoms with Crippen LogP contribution in [0.1, 0.15) is 17.5 Å². The first-order chi connectivity index (χ1) is 12.8. The van der Waals surface area contributed by atoms with Crippen LogP contribution in [0.2, 0.25) is 0 Å². The van der Waals surface area contributed by atoms with E-state index in [0.717, 1.165) is 17.4 Å². The summed E-state index contributed by atoms with van der Waals surface area (Å²) < 4.78 is 18.0. The zero-order chi connectivity index (χ0) is 18.2. The van der Waals surface area contributed by atoms with E-state index in [1.54, 1.807) is 6.08 Å². The number of aldehydes is 1. The third-order valence-electron chi connectivity index (χ3n) is 4.45. The number of carbonyl (C=O) groups excluding carboxylic acids is 1. The lowest BCUT2D eigenvalue weighted by molar-refractivity contribution is -0.124. The SMILES string of the molecule is C=CC[C@H]1O[C@H](C=O)[C@@H](OCc2ccccc2)[C@H]1OCc1ccccc1. The minimum Gasteiger partial charge on any atom is -0.368 e. The van der Waals surface area contributed by atoms with Gasteiger partial charge in [-0.3, -0.25) is 0 Å². The number of hydrogen-bond donors (Lipinski definition) is 0. The maximum absolute atomic E-state index is 11.5. The van der Waals surface area contributed by atoms with E-state index in [4.69, 9.17) is 14.2 Å². The first-order valence-corrected chi connectivity index (χ1v) is 8.84. The zero-order valence-corrected chi connectivity index (χ0v) is 14.7. The Morgan fingerprint density at radius 1 is 0.885 bits per heavy atom. The van der Waals surface area contributed by atoms with E-state index in [1.807, 2.05) is 60.7 Å². The summed E-state index contributed by atoms with van der Waals surface area (Å²) in [6.07, 6.45) is 1.54. The molecule has 1 heterocycles. The fourth-order valence-corrected chi connectivity index (χ4v) is 3.14. The van der Waals surface area contributed by atoms with Crippen LogP contribution in [0, 0.1) is 0 Å². The van der Waals surface area contributed by atoms with Gasteiger partial charge in [0.05, 0.1) is 19.3 Å². The highest BCUT2D eigenvalue weighted by Gasteiger charge is 2.45. The molecule has 2 aromatic rings. The molecule has 1 fully saturated rings. The summed E-state index contributed by atoms with van der Waals surface area (Å²) in [5.41, 5.74) is 2.12. The lowest BCUT2D eigenvalue weighted by Gasteiger charge is -2.24. The Morgan fingerprint density at radius 2 is 1.42 bits per heavy atom. The molecule has 0 saturated carbocycles. The number of rotatable bonds is 9. The van der Waals surface area contributed by atoms with E-state index in [0.29, 0.717) is 19.6 Å². The van der Waals surface area contributed by atoms with Gasteiger partial charge in [-0.2, -0.15) is 0 Å². The molecule has 4 heteroatoms. The van der Waals surface area contributed by atoms with Gasteiger partial charge in [-0.15, -0.1) is 6.58 Å². The van der Waals surface area contributed by atoms with Crippen molar-refractivity contribution in [2.75, 3.05) is 0 Å². The van der Waals surface area contributed by atoms with E-state index >= 15 is 0 Å². The van der Waals surface area contributed by atoms with Crippen molar-refractivity contribution >= 4 is 6.29 Å². The van der Waals surface area contributed by atoms with Gasteiger partial charge in [0, 0.05) is 0 Å². The van der Waals surface area contributed by atoms with Gasteiger partial charge in [-0.25, -0.2) is 0 Å². The fourth-order valence-electron chi connectivity index (χ4n) is 3.14. The highest BCUT2D eigenvalue weighted by atomic mass is 16.6. The monoisotopic (exact) mass is 352 g/mol. The van der Waals surface area contributed by atoms with E-state index in [2.05, 4.69) is 6.58 Å². The van der Waals surface area contributed by atoms with Crippen LogP contribution < -0.4 is 0 Å². The summed E-state index contributed by atoms with van der Waals surface area (Å²) in [6.45, 7) is 4.63. The Balaban J connectivity index is 1.70. The predicted octanol–water partition coefficient (Wildman–Crippen LogP) is 3.70. The molecule has 1 aliphatic heterocycles. The topological polar surface area (TPSA) is 44.8 Å². The molecule has 2 aromatic carbocycles. The van der Waals surface area contributed by atoms with Gasteiger partial charge in [0.2, 0.25) is 0 Å². The molecule has 26 heavy (non-hydrogen) atoms. The van der Waals surface area contributed by atoms with Crippen LogP contribution in [0.5, 0.6) is 0 Å². The second-order valence-corrected chi connectivity index (χ2v) is 6.32. The lowest BCUT2D eigenvalue weighted by Crippen LogP contribution is -2.38. The van der Waals surface area contributed by atoms with Crippen molar-refractivity contribution in [1.82, 2.24) is 0 Å². The van der Waals surface area contributed by atoms with Crippen molar-refractivity contribution in [3.8, 4) is 0 Å². The first-order valence-electron chi connectivity index (χ1n) is 8.84. The molecule has 3 rings (SSSR count). The van der Waals surface area contributed by atoms with Crippen LogP contribution in [0.4, 0.5) is 0 Å². The highest BCUT2D eigenvalue weighted by molar-refractivity contribution is 5.58. The fraction of sp³-hybridized carbons (Fsp3) is 0.318. The van der Waals surface area contributed by atoms with Gasteiger partial charge in [0.15, 0.2) is 6.29 Å². The minimum atomic E-state index is -0.635. The van der Waals surface area contributed by atoms with Crippen LogP contribution in [-0.2, 0) is 32.2 Å². The van der Waals surface area contributed by atoms with Crippen LogP contribution in [0.15, 0.2) is 73.3 Å². The molecule has 136 valence electrons. The largest absolute Gasteiger partial charge is 0.368 e. The van der Waals surface area contributed by atoms with Crippen molar-refractivity contribution in [1.29, 1.82) is 0 Å². The summed E-state index contributed by atoms with van der Waals surface area (Å²) in [6, 6.07) is 19.8. The maximum Gasteiger partial charge on any atom is 0.151 e.